The average molecular weight is 276 g/mol. The van der Waals surface area contributed by atoms with E-state index in [1.54, 1.807) is 0 Å². The highest BCUT2D eigenvalue weighted by Crippen LogP contribution is 2.37. The molecule has 106 valence electrons. The summed E-state index contributed by atoms with van der Waals surface area (Å²) in [5.41, 5.74) is 1.54. The molecule has 0 N–H and O–H groups in total. The van der Waals surface area contributed by atoms with Crippen molar-refractivity contribution in [1.29, 1.82) is 0 Å². The third kappa shape index (κ3) is 5.64. The third-order valence-corrected chi connectivity index (χ3v) is 3.89. The molecule has 0 aliphatic heterocycles. The van der Waals surface area contributed by atoms with Crippen LogP contribution in [-0.2, 0) is 4.43 Å². The first-order valence-corrected chi connectivity index (χ1v) is 10.4. The van der Waals surface area contributed by atoms with Gasteiger partial charge in [-0.2, -0.15) is 0 Å². The maximum absolute atomic E-state index is 6.08. The van der Waals surface area contributed by atoms with E-state index >= 15 is 0 Å². The molecule has 0 amide bonds. The van der Waals surface area contributed by atoms with Gasteiger partial charge in [-0.25, -0.2) is 0 Å². The predicted octanol–water partition coefficient (Wildman–Crippen LogP) is 5.57. The lowest BCUT2D eigenvalue weighted by atomic mass is 9.76. The van der Waals surface area contributed by atoms with Crippen molar-refractivity contribution in [2.24, 2.45) is 5.41 Å². The molecule has 0 spiro atoms. The maximum Gasteiger partial charge on any atom is 0.241 e. The van der Waals surface area contributed by atoms with Crippen molar-refractivity contribution in [3.8, 4) is 0 Å². The zero-order valence-corrected chi connectivity index (χ0v) is 14.4. The second kappa shape index (κ2) is 5.95. The molecule has 0 aromatic heterocycles. The second-order valence-corrected chi connectivity index (χ2v) is 11.7. The molecule has 1 atom stereocenters. The summed E-state index contributed by atoms with van der Waals surface area (Å²) in [5, 5.41) is 0. The zero-order valence-electron chi connectivity index (χ0n) is 13.4. The number of hydrogen-bond acceptors (Lipinski definition) is 1. The van der Waals surface area contributed by atoms with E-state index in [1.807, 2.05) is 0 Å². The standard InChI is InChI=1S/C17H28OSi/c1-14(18-19(5,6)7)13-16(17(2,3)4)15-11-9-8-10-12-15/h8-13,16H,1-7H3/b14-13+. The van der Waals surface area contributed by atoms with E-state index in [4.69, 9.17) is 4.43 Å². The molecule has 0 saturated heterocycles. The Bertz CT molecular complexity index is 421. The average Bonchev–Trinajstić information content (AvgIpc) is 2.23. The van der Waals surface area contributed by atoms with Crippen molar-refractivity contribution in [2.45, 2.75) is 53.3 Å². The van der Waals surface area contributed by atoms with Crippen molar-refractivity contribution in [3.63, 3.8) is 0 Å². The van der Waals surface area contributed by atoms with Crippen LogP contribution in [0, 0.1) is 5.41 Å². The molecule has 0 radical (unpaired) electrons. The molecular formula is C17H28OSi. The summed E-state index contributed by atoms with van der Waals surface area (Å²) in [6.07, 6.45) is 2.29. The largest absolute Gasteiger partial charge is 0.548 e. The first kappa shape index (κ1) is 16.0. The van der Waals surface area contributed by atoms with Gasteiger partial charge in [0.1, 0.15) is 0 Å². The Balaban J connectivity index is 3.04. The molecular weight excluding hydrogens is 248 g/mol. The van der Waals surface area contributed by atoms with Crippen LogP contribution in [0.2, 0.25) is 19.6 Å². The number of allylic oxidation sites excluding steroid dienone is 2. The molecule has 0 aliphatic carbocycles. The summed E-state index contributed by atoms with van der Waals surface area (Å²) in [7, 11) is -1.52. The predicted molar refractivity (Wildman–Crippen MR) is 86.8 cm³/mol. The molecule has 2 heteroatoms. The minimum atomic E-state index is -1.52. The van der Waals surface area contributed by atoms with Gasteiger partial charge in [-0.3, -0.25) is 0 Å². The normalized spacial score (nSPS) is 15.2. The fraction of sp³-hybridized carbons (Fsp3) is 0.529. The summed E-state index contributed by atoms with van der Waals surface area (Å²) in [5.74, 6) is 1.44. The summed E-state index contributed by atoms with van der Waals surface area (Å²) in [6, 6.07) is 10.7. The van der Waals surface area contributed by atoms with Crippen LogP contribution in [-0.4, -0.2) is 8.32 Å². The van der Waals surface area contributed by atoms with E-state index in [-0.39, 0.29) is 5.41 Å². The van der Waals surface area contributed by atoms with E-state index < -0.39 is 8.32 Å². The Kier molecular flexibility index (Phi) is 5.02. The van der Waals surface area contributed by atoms with Crippen LogP contribution in [0.3, 0.4) is 0 Å². The van der Waals surface area contributed by atoms with Crippen LogP contribution in [0.25, 0.3) is 0 Å². The Morgan fingerprint density at radius 2 is 1.63 bits per heavy atom. The van der Waals surface area contributed by atoms with Gasteiger partial charge in [0.2, 0.25) is 8.32 Å². The van der Waals surface area contributed by atoms with Crippen molar-refractivity contribution in [3.05, 3.63) is 47.7 Å². The first-order chi connectivity index (χ1) is 8.59. The topological polar surface area (TPSA) is 9.23 Å². The van der Waals surface area contributed by atoms with Gasteiger partial charge < -0.3 is 4.43 Å². The van der Waals surface area contributed by atoms with Crippen molar-refractivity contribution in [1.82, 2.24) is 0 Å². The van der Waals surface area contributed by atoms with Crippen LogP contribution < -0.4 is 0 Å². The van der Waals surface area contributed by atoms with Crippen molar-refractivity contribution in [2.75, 3.05) is 0 Å². The van der Waals surface area contributed by atoms with Crippen LogP contribution in [0.15, 0.2) is 42.2 Å². The number of benzene rings is 1. The Morgan fingerprint density at radius 1 is 1.11 bits per heavy atom. The third-order valence-electron chi connectivity index (χ3n) is 2.96. The van der Waals surface area contributed by atoms with Gasteiger partial charge >= 0.3 is 0 Å². The van der Waals surface area contributed by atoms with E-state index in [1.165, 1.54) is 5.56 Å². The molecule has 1 rings (SSSR count). The highest BCUT2D eigenvalue weighted by Gasteiger charge is 2.25. The van der Waals surface area contributed by atoms with Gasteiger partial charge in [0.15, 0.2) is 0 Å². The van der Waals surface area contributed by atoms with Crippen molar-refractivity contribution >= 4 is 8.32 Å². The summed E-state index contributed by atoms with van der Waals surface area (Å²) in [4.78, 5) is 0. The Hall–Kier alpha value is -1.02. The molecule has 1 nitrogen and oxygen atoms in total. The lowest BCUT2D eigenvalue weighted by Gasteiger charge is -2.30. The molecule has 19 heavy (non-hydrogen) atoms. The number of rotatable bonds is 4. The van der Waals surface area contributed by atoms with E-state index in [9.17, 15) is 0 Å². The first-order valence-electron chi connectivity index (χ1n) is 7.02. The quantitative estimate of drug-likeness (QED) is 0.516. The summed E-state index contributed by atoms with van der Waals surface area (Å²) in [6.45, 7) is 15.6. The fourth-order valence-electron chi connectivity index (χ4n) is 2.26. The lowest BCUT2D eigenvalue weighted by Crippen LogP contribution is -2.25. The maximum atomic E-state index is 6.08. The van der Waals surface area contributed by atoms with Gasteiger partial charge in [0, 0.05) is 5.92 Å². The zero-order chi connectivity index (χ0) is 14.7. The minimum Gasteiger partial charge on any atom is -0.548 e. The van der Waals surface area contributed by atoms with Gasteiger partial charge in [-0.1, -0.05) is 51.1 Å². The molecule has 1 aromatic rings. The molecule has 1 unspecified atom stereocenters. The van der Waals surface area contributed by atoms with Crippen LogP contribution >= 0.6 is 0 Å². The van der Waals surface area contributed by atoms with E-state index in [2.05, 4.69) is 83.7 Å². The van der Waals surface area contributed by atoms with Gasteiger partial charge in [0.25, 0.3) is 0 Å². The van der Waals surface area contributed by atoms with E-state index in [0.29, 0.717) is 5.92 Å². The van der Waals surface area contributed by atoms with Gasteiger partial charge in [0.05, 0.1) is 5.76 Å². The molecule has 0 heterocycles. The van der Waals surface area contributed by atoms with Crippen LogP contribution in [0.1, 0.15) is 39.2 Å². The summed E-state index contributed by atoms with van der Waals surface area (Å²) < 4.78 is 6.08. The lowest BCUT2D eigenvalue weighted by molar-refractivity contribution is 0.350. The van der Waals surface area contributed by atoms with E-state index in [0.717, 1.165) is 5.76 Å². The van der Waals surface area contributed by atoms with Crippen LogP contribution in [0.5, 0.6) is 0 Å². The summed E-state index contributed by atoms with van der Waals surface area (Å²) >= 11 is 0. The van der Waals surface area contributed by atoms with Gasteiger partial charge in [-0.15, -0.1) is 0 Å². The monoisotopic (exact) mass is 276 g/mol. The highest BCUT2D eigenvalue weighted by molar-refractivity contribution is 6.70. The number of hydrogen-bond donors (Lipinski definition) is 0. The highest BCUT2D eigenvalue weighted by atomic mass is 28.4. The van der Waals surface area contributed by atoms with Gasteiger partial charge in [-0.05, 0) is 43.6 Å². The molecule has 0 fully saturated rings. The molecule has 0 bridgehead atoms. The smallest absolute Gasteiger partial charge is 0.241 e. The minimum absolute atomic E-state index is 0.186. The Labute approximate surface area is 119 Å². The SMILES string of the molecule is C/C(=C\C(c1ccccc1)C(C)(C)C)O[Si](C)(C)C. The van der Waals surface area contributed by atoms with Crippen molar-refractivity contribution < 1.29 is 4.43 Å². The Morgan fingerprint density at radius 3 is 2.05 bits per heavy atom. The molecule has 0 saturated carbocycles. The molecule has 1 aromatic carbocycles. The van der Waals surface area contributed by atoms with Crippen LogP contribution in [0.4, 0.5) is 0 Å². The second-order valence-electron chi connectivity index (χ2n) is 7.25. The molecule has 0 aliphatic rings. The fourth-order valence-corrected chi connectivity index (χ4v) is 3.29.